The van der Waals surface area contributed by atoms with Gasteiger partial charge in [0.1, 0.15) is 11.1 Å². The molecule has 0 saturated heterocycles. The summed E-state index contributed by atoms with van der Waals surface area (Å²) in [7, 11) is 3.02. The smallest absolute Gasteiger partial charge is 0.674 e. The second-order valence-electron chi connectivity index (χ2n) is 8.07. The van der Waals surface area contributed by atoms with E-state index in [0.29, 0.717) is 35.8 Å². The third-order valence-corrected chi connectivity index (χ3v) is 6.20. The van der Waals surface area contributed by atoms with Crippen LogP contribution in [0.2, 0.25) is 0 Å². The normalized spacial score (nSPS) is 14.1. The molecule has 1 aliphatic carbocycles. The molecule has 7 nitrogen and oxygen atoms in total. The Morgan fingerprint density at radius 1 is 1.32 bits per heavy atom. The van der Waals surface area contributed by atoms with E-state index in [1.165, 1.54) is 31.1 Å². The maximum absolute atomic E-state index is 13.5. The van der Waals surface area contributed by atoms with E-state index in [2.05, 4.69) is 44.7 Å². The van der Waals surface area contributed by atoms with Crippen LogP contribution in [0.1, 0.15) is 36.6 Å². The summed E-state index contributed by atoms with van der Waals surface area (Å²) in [6.07, 6.45) is -1.51. The van der Waals surface area contributed by atoms with Gasteiger partial charge in [-0.25, -0.2) is 0 Å². The summed E-state index contributed by atoms with van der Waals surface area (Å²) >= 11 is 1.37. The van der Waals surface area contributed by atoms with Crippen LogP contribution in [0.25, 0.3) is 21.8 Å². The minimum Gasteiger partial charge on any atom is -0.674 e. The Morgan fingerprint density at radius 2 is 2.05 bits per heavy atom. The number of nitrogens with one attached hydrogen (secondary N) is 1. The fraction of sp³-hybridized carbons (Fsp3) is 0.440. The number of methoxy groups -OCH3 is 1. The molecule has 2 atom stereocenters. The van der Waals surface area contributed by atoms with Crippen LogP contribution >= 0.6 is 11.8 Å². The van der Waals surface area contributed by atoms with E-state index in [1.54, 1.807) is 13.1 Å². The second kappa shape index (κ2) is 17.3. The molecule has 13 heteroatoms. The van der Waals surface area contributed by atoms with Crippen LogP contribution < -0.4 is 61.5 Å². The van der Waals surface area contributed by atoms with Crippen molar-refractivity contribution in [3.8, 4) is 28.7 Å². The van der Waals surface area contributed by atoms with Gasteiger partial charge < -0.3 is 20.5 Å². The number of rotatable bonds is 12. The average Bonchev–Trinajstić information content (AvgIpc) is 3.69. The van der Waals surface area contributed by atoms with Gasteiger partial charge in [0, 0.05) is 45.5 Å². The third-order valence-electron chi connectivity index (χ3n) is 5.37. The van der Waals surface area contributed by atoms with Gasteiger partial charge in [0.05, 0.1) is 24.5 Å². The molecule has 2 aromatic rings. The summed E-state index contributed by atoms with van der Waals surface area (Å²) in [5, 5.41) is 22.5. The van der Waals surface area contributed by atoms with Crippen molar-refractivity contribution in [2.24, 2.45) is 11.0 Å². The van der Waals surface area contributed by atoms with Gasteiger partial charge in [-0.3, -0.25) is 10.4 Å². The fourth-order valence-electron chi connectivity index (χ4n) is 3.28. The van der Waals surface area contributed by atoms with Gasteiger partial charge in [-0.1, -0.05) is 17.7 Å². The first-order chi connectivity index (χ1) is 17.3. The van der Waals surface area contributed by atoms with E-state index in [0.717, 1.165) is 25.0 Å². The minimum atomic E-state index is -4.54. The van der Waals surface area contributed by atoms with Crippen molar-refractivity contribution < 1.29 is 95.5 Å². The zero-order chi connectivity index (χ0) is 26.1. The number of aliphatic hydroxyl groups excluding tert-OH is 1. The Kier molecular flexibility index (Phi) is 16.1. The molecule has 1 saturated carbocycles. The summed E-state index contributed by atoms with van der Waals surface area (Å²) in [6, 6.07) is 4.80. The number of benzene rings is 1. The standard InChI is InChI=1S/C25H28F3N5O2S.K.W/c1-29-11-10-22(34)20-13-18(19-12-17(25(26,27)28)7-8-23(19)35-3)21(14-31-20)32-15-36-24(33-30-2)9-6-16-4-5-16;;/h7-8,12-14,16,22,24,33-34H,2,4-5,10-11,15H2,1,3H3;;/q-2;+1;. The second-order valence-corrected chi connectivity index (χ2v) is 9.13. The van der Waals surface area contributed by atoms with Crippen molar-refractivity contribution in [3.05, 3.63) is 52.4 Å². The molecule has 2 unspecified atom stereocenters. The van der Waals surface area contributed by atoms with Crippen molar-refractivity contribution in [3.63, 3.8) is 0 Å². The molecule has 0 bridgehead atoms. The van der Waals surface area contributed by atoms with Gasteiger partial charge in [0.2, 0.25) is 0 Å². The monoisotopic (exact) mass is 742 g/mol. The summed E-state index contributed by atoms with van der Waals surface area (Å²) in [6.45, 7) is 3.86. The van der Waals surface area contributed by atoms with Crippen LogP contribution in [0.15, 0.2) is 35.6 Å². The third kappa shape index (κ3) is 10.7. The molecule has 1 aromatic carbocycles. The number of alkyl halides is 3. The first kappa shape index (κ1) is 35.4. The average molecular weight is 743 g/mol. The maximum Gasteiger partial charge on any atom is 1.00 e. The van der Waals surface area contributed by atoms with Crippen molar-refractivity contribution in [1.29, 1.82) is 0 Å². The summed E-state index contributed by atoms with van der Waals surface area (Å²) in [5.74, 6) is 7.17. The molecule has 0 radical (unpaired) electrons. The topological polar surface area (TPSA) is 94.9 Å². The summed E-state index contributed by atoms with van der Waals surface area (Å²) in [4.78, 5) is 4.32. The SMILES string of the molecule is C=NNC(C#CC1CC1)SC[N-]c1cnc(C(O)CC[N-]C)cc1-c1cc(C(F)(F)F)ccc1OC.[K+].[W]. The molecule has 1 aromatic heterocycles. The Bertz CT molecular complexity index is 1110. The molecule has 0 aliphatic heterocycles. The van der Waals surface area contributed by atoms with E-state index < -0.39 is 17.8 Å². The molecule has 3 rings (SSSR count). The van der Waals surface area contributed by atoms with Gasteiger partial charge in [-0.2, -0.15) is 25.3 Å². The number of nitrogens with zero attached hydrogens (tertiary/aromatic N) is 4. The van der Waals surface area contributed by atoms with Gasteiger partial charge in [-0.05, 0) is 49.1 Å². The zero-order valence-electron chi connectivity index (χ0n) is 21.5. The van der Waals surface area contributed by atoms with E-state index in [-0.39, 0.29) is 95.0 Å². The molecule has 1 heterocycles. The number of aromatic nitrogens is 1. The van der Waals surface area contributed by atoms with E-state index >= 15 is 0 Å². The van der Waals surface area contributed by atoms with E-state index in [4.69, 9.17) is 4.74 Å². The number of thioether (sulfide) groups is 1. The predicted molar refractivity (Wildman–Crippen MR) is 137 cm³/mol. The number of aliphatic hydroxyl groups is 1. The van der Waals surface area contributed by atoms with Gasteiger partial charge in [0.25, 0.3) is 0 Å². The number of hydrazone groups is 1. The van der Waals surface area contributed by atoms with Crippen molar-refractivity contribution >= 4 is 24.2 Å². The van der Waals surface area contributed by atoms with E-state index in [9.17, 15) is 18.3 Å². The van der Waals surface area contributed by atoms with Crippen LogP contribution in [0, 0.1) is 17.8 Å². The Morgan fingerprint density at radius 3 is 2.66 bits per heavy atom. The summed E-state index contributed by atoms with van der Waals surface area (Å²) < 4.78 is 45.9. The van der Waals surface area contributed by atoms with Crippen LogP contribution in [0.4, 0.5) is 18.9 Å². The van der Waals surface area contributed by atoms with E-state index in [1.807, 2.05) is 0 Å². The minimum absolute atomic E-state index is 0. The number of halogens is 3. The first-order valence-electron chi connectivity index (χ1n) is 11.3. The van der Waals surface area contributed by atoms with Crippen LogP contribution in [-0.4, -0.2) is 48.8 Å². The quantitative estimate of drug-likeness (QED) is 0.115. The van der Waals surface area contributed by atoms with Gasteiger partial charge >= 0.3 is 57.6 Å². The van der Waals surface area contributed by atoms with Crippen molar-refractivity contribution in [1.82, 2.24) is 10.4 Å². The maximum atomic E-state index is 13.5. The molecule has 0 spiro atoms. The Labute approximate surface area is 282 Å². The molecule has 1 fully saturated rings. The fourth-order valence-corrected chi connectivity index (χ4v) is 3.94. The first-order valence-corrected chi connectivity index (χ1v) is 12.3. The summed E-state index contributed by atoms with van der Waals surface area (Å²) in [5.41, 5.74) is 3.24. The van der Waals surface area contributed by atoms with Crippen molar-refractivity contribution in [2.45, 2.75) is 36.9 Å². The van der Waals surface area contributed by atoms with Crippen LogP contribution in [0.5, 0.6) is 5.75 Å². The number of hydrogen-bond acceptors (Lipinski definition) is 6. The molecule has 200 valence electrons. The van der Waals surface area contributed by atoms with Gasteiger partial charge in [0.15, 0.2) is 0 Å². The number of pyridine rings is 1. The molecular formula is C25H28F3KN5O2SW-. The molecule has 1 aliphatic rings. The zero-order valence-corrected chi connectivity index (χ0v) is 28.3. The molecular weight excluding hydrogens is 714 g/mol. The number of ether oxygens (including phenoxy) is 1. The molecule has 0 amide bonds. The van der Waals surface area contributed by atoms with Crippen LogP contribution in [-0.2, 0) is 27.2 Å². The van der Waals surface area contributed by atoms with Crippen LogP contribution in [0.3, 0.4) is 0 Å². The molecule has 38 heavy (non-hydrogen) atoms. The Hall–Kier alpha value is -0.615. The molecule has 2 N–H and O–H groups in total. The largest absolute Gasteiger partial charge is 1.00 e. The van der Waals surface area contributed by atoms with Crippen molar-refractivity contribution in [2.75, 3.05) is 26.6 Å². The number of hydrogen-bond donors (Lipinski definition) is 2. The van der Waals surface area contributed by atoms with Gasteiger partial charge in [-0.15, -0.1) is 24.0 Å². The predicted octanol–water partition coefficient (Wildman–Crippen LogP) is 2.85. The Balaban J connectivity index is 0.00000361.